The Kier molecular flexibility index (Phi) is 3.90. The van der Waals surface area contributed by atoms with Crippen LogP contribution in [-0.2, 0) is 14.3 Å². The van der Waals surface area contributed by atoms with Crippen molar-refractivity contribution >= 4 is 5.78 Å². The second-order valence-corrected chi connectivity index (χ2v) is 11.2. The first kappa shape index (κ1) is 19.3. The van der Waals surface area contributed by atoms with Crippen LogP contribution >= 0.6 is 0 Å². The zero-order valence-corrected chi connectivity index (χ0v) is 18.3. The monoisotopic (exact) mass is 407 g/mol. The van der Waals surface area contributed by atoms with Gasteiger partial charge in [-0.05, 0) is 56.3 Å². The Morgan fingerprint density at radius 2 is 1.73 bits per heavy atom. The summed E-state index contributed by atoms with van der Waals surface area (Å²) in [6.45, 7) is 6.19. The maximum Gasteiger partial charge on any atom is 0.183 e. The maximum atomic E-state index is 13.4. The Labute approximate surface area is 179 Å². The van der Waals surface area contributed by atoms with E-state index in [1.54, 1.807) is 0 Å². The van der Waals surface area contributed by atoms with Crippen molar-refractivity contribution in [1.82, 2.24) is 0 Å². The van der Waals surface area contributed by atoms with Crippen LogP contribution in [0.15, 0.2) is 23.3 Å². The number of fused-ring (bicyclic) bond motifs is 7. The molecule has 1 heterocycles. The molecule has 0 aromatic carbocycles. The van der Waals surface area contributed by atoms with Gasteiger partial charge < -0.3 is 9.47 Å². The van der Waals surface area contributed by atoms with Crippen molar-refractivity contribution in [2.45, 2.75) is 77.4 Å². The number of rotatable bonds is 0. The Morgan fingerprint density at radius 3 is 2.43 bits per heavy atom. The number of carbonyl (C=O) groups is 1. The van der Waals surface area contributed by atoms with E-state index in [0.29, 0.717) is 23.3 Å². The topological polar surface area (TPSA) is 59.3 Å². The highest BCUT2D eigenvalue weighted by Gasteiger charge is 2.68. The molecule has 4 nitrogen and oxygen atoms in total. The summed E-state index contributed by atoms with van der Waals surface area (Å²) in [7, 11) is 0. The third-order valence-electron chi connectivity index (χ3n) is 10.4. The normalized spacial score (nSPS) is 45.5. The van der Waals surface area contributed by atoms with Gasteiger partial charge in [-0.3, -0.25) is 4.79 Å². The number of Topliss-reactive ketones (excluding diaryl/α,β-unsaturated/α-hetero) is 1. The first-order valence-corrected chi connectivity index (χ1v) is 12.1. The quantitative estimate of drug-likeness (QED) is 0.524. The molecule has 5 atom stereocenters. The van der Waals surface area contributed by atoms with Crippen LogP contribution in [0.2, 0.25) is 0 Å². The van der Waals surface area contributed by atoms with Gasteiger partial charge in [0.15, 0.2) is 11.6 Å². The van der Waals surface area contributed by atoms with Gasteiger partial charge >= 0.3 is 0 Å². The van der Waals surface area contributed by atoms with Gasteiger partial charge in [0.05, 0.1) is 24.2 Å². The molecule has 2 spiro atoms. The van der Waals surface area contributed by atoms with Crippen LogP contribution < -0.4 is 0 Å². The molecule has 0 radical (unpaired) electrons. The number of nitrogens with zero attached hydrogens (tertiary/aromatic N) is 1. The fourth-order valence-electron chi connectivity index (χ4n) is 9.12. The lowest BCUT2D eigenvalue weighted by molar-refractivity contribution is -0.241. The van der Waals surface area contributed by atoms with E-state index in [1.165, 1.54) is 5.57 Å². The number of hydrogen-bond donors (Lipinski definition) is 0. The Hall–Kier alpha value is -1.44. The molecule has 30 heavy (non-hydrogen) atoms. The summed E-state index contributed by atoms with van der Waals surface area (Å²) in [5.41, 5.74) is 1.30. The first-order valence-electron chi connectivity index (χ1n) is 12.1. The molecule has 0 aromatic heterocycles. The van der Waals surface area contributed by atoms with Crippen molar-refractivity contribution in [3.05, 3.63) is 23.3 Å². The number of nitriles is 1. The molecule has 3 saturated carbocycles. The van der Waals surface area contributed by atoms with E-state index < -0.39 is 5.41 Å². The minimum Gasteiger partial charge on any atom is -0.347 e. The molecule has 0 bridgehead atoms. The lowest BCUT2D eigenvalue weighted by Gasteiger charge is -2.59. The zero-order chi connectivity index (χ0) is 20.8. The van der Waals surface area contributed by atoms with E-state index in [0.717, 1.165) is 71.0 Å². The molecule has 1 unspecified atom stereocenters. The van der Waals surface area contributed by atoms with Gasteiger partial charge in [0, 0.05) is 17.3 Å². The molecule has 1 saturated heterocycles. The first-order chi connectivity index (χ1) is 14.4. The summed E-state index contributed by atoms with van der Waals surface area (Å²) in [6, 6.07) is 2.30. The predicted molar refractivity (Wildman–Crippen MR) is 112 cm³/mol. The van der Waals surface area contributed by atoms with Crippen molar-refractivity contribution in [1.29, 1.82) is 5.26 Å². The number of ether oxygens (including phenoxy) is 2. The SMILES string of the molecule is C[C@]12C=C(C#N)C(=O)C3(CCCC3)C1=CCC1[C@@H]2CC[C@@]2(C)[C@H]1CCC21OCCO1. The van der Waals surface area contributed by atoms with E-state index in [4.69, 9.17) is 9.47 Å². The van der Waals surface area contributed by atoms with Crippen LogP contribution in [0.1, 0.15) is 71.6 Å². The maximum absolute atomic E-state index is 13.4. The van der Waals surface area contributed by atoms with Gasteiger partial charge in [0.2, 0.25) is 0 Å². The van der Waals surface area contributed by atoms with Crippen molar-refractivity contribution in [3.8, 4) is 6.07 Å². The van der Waals surface area contributed by atoms with Crippen molar-refractivity contribution < 1.29 is 14.3 Å². The third kappa shape index (κ3) is 2.07. The number of allylic oxidation sites excluding steroid dienone is 4. The number of ketones is 1. The molecule has 6 rings (SSSR count). The van der Waals surface area contributed by atoms with Gasteiger partial charge in [-0.2, -0.15) is 5.26 Å². The summed E-state index contributed by atoms with van der Waals surface area (Å²) in [5, 5.41) is 9.84. The summed E-state index contributed by atoms with van der Waals surface area (Å²) in [5.74, 6) is 1.39. The molecular formula is C26H33NO3. The van der Waals surface area contributed by atoms with Gasteiger partial charge in [-0.15, -0.1) is 0 Å². The van der Waals surface area contributed by atoms with Crippen molar-refractivity contribution in [2.75, 3.05) is 13.2 Å². The van der Waals surface area contributed by atoms with Gasteiger partial charge in [0.1, 0.15) is 6.07 Å². The van der Waals surface area contributed by atoms with E-state index in [1.807, 2.05) is 0 Å². The highest BCUT2D eigenvalue weighted by atomic mass is 16.7. The summed E-state index contributed by atoms with van der Waals surface area (Å²) >= 11 is 0. The zero-order valence-electron chi connectivity index (χ0n) is 18.3. The number of carbonyl (C=O) groups excluding carboxylic acids is 1. The lowest BCUT2D eigenvalue weighted by atomic mass is 9.45. The average molecular weight is 408 g/mol. The predicted octanol–water partition coefficient (Wildman–Crippen LogP) is 5.10. The smallest absolute Gasteiger partial charge is 0.183 e. The Balaban J connectivity index is 1.44. The molecule has 0 aromatic rings. The highest BCUT2D eigenvalue weighted by Crippen LogP contribution is 2.70. The molecular weight excluding hydrogens is 374 g/mol. The van der Waals surface area contributed by atoms with E-state index >= 15 is 0 Å². The second-order valence-electron chi connectivity index (χ2n) is 11.2. The van der Waals surface area contributed by atoms with Crippen molar-refractivity contribution in [2.24, 2.45) is 34.0 Å². The highest BCUT2D eigenvalue weighted by molar-refractivity contribution is 6.07. The van der Waals surface area contributed by atoms with Crippen LogP contribution in [0.5, 0.6) is 0 Å². The standard InChI is InChI=1S/C26H33NO3/c1-23-15-17(16-27)22(28)25(9-3-4-10-25)21(23)6-5-18-19(23)7-11-24(2)20(18)8-12-26(24)29-13-14-30-26/h6,15,18-20H,3-5,7-14H2,1-2H3/t18?,19-,20-,23+,24-/m0/s1. The number of hydrogen-bond acceptors (Lipinski definition) is 4. The average Bonchev–Trinajstić information content (AvgIpc) is 3.47. The van der Waals surface area contributed by atoms with Crippen LogP contribution in [0.25, 0.3) is 0 Å². The summed E-state index contributed by atoms with van der Waals surface area (Å²) in [4.78, 5) is 13.4. The van der Waals surface area contributed by atoms with Gasteiger partial charge in [0.25, 0.3) is 0 Å². The van der Waals surface area contributed by atoms with E-state index in [9.17, 15) is 10.1 Å². The molecule has 0 N–H and O–H groups in total. The van der Waals surface area contributed by atoms with Crippen molar-refractivity contribution in [3.63, 3.8) is 0 Å². The van der Waals surface area contributed by atoms with E-state index in [2.05, 4.69) is 32.1 Å². The van der Waals surface area contributed by atoms with Gasteiger partial charge in [-0.1, -0.05) is 44.4 Å². The molecule has 6 aliphatic rings. The Bertz CT molecular complexity index is 898. The minimum absolute atomic E-state index is 0.0731. The van der Waals surface area contributed by atoms with E-state index in [-0.39, 0.29) is 22.4 Å². The van der Waals surface area contributed by atoms with Crippen LogP contribution in [-0.4, -0.2) is 24.8 Å². The Morgan fingerprint density at radius 1 is 1.03 bits per heavy atom. The fourth-order valence-corrected chi connectivity index (χ4v) is 9.12. The lowest BCUT2D eigenvalue weighted by Crippen LogP contribution is -2.56. The third-order valence-corrected chi connectivity index (χ3v) is 10.4. The molecule has 4 heteroatoms. The molecule has 4 fully saturated rings. The van der Waals surface area contributed by atoms with Gasteiger partial charge in [-0.25, -0.2) is 0 Å². The minimum atomic E-state index is -0.394. The molecule has 1 aliphatic heterocycles. The van der Waals surface area contributed by atoms with Crippen LogP contribution in [0.4, 0.5) is 0 Å². The molecule has 160 valence electrons. The summed E-state index contributed by atoms with van der Waals surface area (Å²) < 4.78 is 12.5. The van der Waals surface area contributed by atoms with Crippen LogP contribution in [0.3, 0.4) is 0 Å². The second kappa shape index (κ2) is 6.08. The largest absolute Gasteiger partial charge is 0.347 e. The van der Waals surface area contributed by atoms with Crippen LogP contribution in [0, 0.1) is 45.3 Å². The molecule has 0 amide bonds. The summed E-state index contributed by atoms with van der Waals surface area (Å²) in [6.07, 6.45) is 14.1. The molecule has 5 aliphatic carbocycles. The fraction of sp³-hybridized carbons (Fsp3) is 0.769.